The van der Waals surface area contributed by atoms with Crippen LogP contribution in [-0.4, -0.2) is 36.3 Å². The number of carbonyl (C=O) groups is 1. The van der Waals surface area contributed by atoms with Gasteiger partial charge in [-0.05, 0) is 37.8 Å². The molecule has 4 rings (SSSR count). The number of rotatable bonds is 4. The normalized spacial score (nSPS) is 21.1. The second kappa shape index (κ2) is 6.00. The van der Waals surface area contributed by atoms with Gasteiger partial charge < -0.3 is 14.8 Å². The molecule has 0 bridgehead atoms. The number of aliphatic hydroxyl groups excluding tert-OH is 1. The standard InChI is InChI=1S/C18H21N5O2/c1-11-9-23-5-3-4-15(17(23)20-11)18(25)21-16(12-6-14(24)7-12)13-8-19-22(2)10-13/h3-5,8-10,12,14,16,24H,6-7H2,1-2H3,(H,21,25)/t12?,14?,16-/m1/s1. The average Bonchev–Trinajstić information content (AvgIpc) is 3.13. The number of pyridine rings is 1. The highest BCUT2D eigenvalue weighted by Gasteiger charge is 2.36. The Balaban J connectivity index is 1.63. The Hall–Kier alpha value is -2.67. The first-order valence-corrected chi connectivity index (χ1v) is 8.43. The molecule has 3 aromatic rings. The summed E-state index contributed by atoms with van der Waals surface area (Å²) in [5, 5.41) is 17.0. The fourth-order valence-corrected chi connectivity index (χ4v) is 3.51. The van der Waals surface area contributed by atoms with E-state index in [1.807, 2.05) is 43.0 Å². The molecule has 1 fully saturated rings. The molecule has 1 aliphatic rings. The number of hydrogen-bond acceptors (Lipinski definition) is 4. The molecule has 0 unspecified atom stereocenters. The molecular formula is C18H21N5O2. The van der Waals surface area contributed by atoms with Crippen molar-refractivity contribution < 1.29 is 9.90 Å². The molecule has 1 saturated carbocycles. The topological polar surface area (TPSA) is 84.5 Å². The molecule has 7 heteroatoms. The monoisotopic (exact) mass is 339 g/mol. The van der Waals surface area contributed by atoms with Gasteiger partial charge in [-0.3, -0.25) is 9.48 Å². The van der Waals surface area contributed by atoms with Gasteiger partial charge in [0.05, 0.1) is 29.6 Å². The fraction of sp³-hybridized carbons (Fsp3) is 0.389. The molecule has 25 heavy (non-hydrogen) atoms. The molecule has 0 aromatic carbocycles. The lowest BCUT2D eigenvalue weighted by Gasteiger charge is -2.37. The number of hydrogen-bond donors (Lipinski definition) is 2. The van der Waals surface area contributed by atoms with E-state index in [9.17, 15) is 9.90 Å². The van der Waals surface area contributed by atoms with Gasteiger partial charge in [-0.15, -0.1) is 0 Å². The number of nitrogens with zero attached hydrogens (tertiary/aromatic N) is 4. The highest BCUT2D eigenvalue weighted by Crippen LogP contribution is 2.38. The first-order valence-electron chi connectivity index (χ1n) is 8.43. The Morgan fingerprint density at radius 1 is 1.40 bits per heavy atom. The van der Waals surface area contributed by atoms with E-state index in [1.165, 1.54) is 0 Å². The summed E-state index contributed by atoms with van der Waals surface area (Å²) in [6.07, 6.45) is 8.56. The van der Waals surface area contributed by atoms with Crippen molar-refractivity contribution in [1.29, 1.82) is 0 Å². The summed E-state index contributed by atoms with van der Waals surface area (Å²) in [5.74, 6) is 0.0517. The molecule has 3 heterocycles. The predicted octanol–water partition coefficient (Wildman–Crippen LogP) is 1.62. The third kappa shape index (κ3) is 2.91. The minimum Gasteiger partial charge on any atom is -0.393 e. The van der Waals surface area contributed by atoms with E-state index in [-0.39, 0.29) is 24.0 Å². The largest absolute Gasteiger partial charge is 0.393 e. The quantitative estimate of drug-likeness (QED) is 0.756. The van der Waals surface area contributed by atoms with E-state index >= 15 is 0 Å². The lowest BCUT2D eigenvalue weighted by molar-refractivity contribution is 0.0235. The SMILES string of the molecule is Cc1cn2cccc(C(=O)N[C@@H](c3cnn(C)c3)C3CC(O)C3)c2n1. The van der Waals surface area contributed by atoms with Gasteiger partial charge in [-0.1, -0.05) is 0 Å². The maximum absolute atomic E-state index is 12.9. The number of carbonyl (C=O) groups excluding carboxylic acids is 1. The molecule has 0 radical (unpaired) electrons. The van der Waals surface area contributed by atoms with Gasteiger partial charge in [0.1, 0.15) is 5.65 Å². The summed E-state index contributed by atoms with van der Waals surface area (Å²) in [7, 11) is 1.85. The lowest BCUT2D eigenvalue weighted by Crippen LogP contribution is -2.41. The zero-order valence-electron chi connectivity index (χ0n) is 14.3. The lowest BCUT2D eigenvalue weighted by atomic mass is 9.75. The first kappa shape index (κ1) is 15.8. The van der Waals surface area contributed by atoms with Crippen LogP contribution in [0.5, 0.6) is 0 Å². The molecular weight excluding hydrogens is 318 g/mol. The Kier molecular flexibility index (Phi) is 3.80. The fourth-order valence-electron chi connectivity index (χ4n) is 3.51. The summed E-state index contributed by atoms with van der Waals surface area (Å²) in [6.45, 7) is 1.91. The van der Waals surface area contributed by atoms with Crippen LogP contribution in [0, 0.1) is 12.8 Å². The number of fused-ring (bicyclic) bond motifs is 1. The molecule has 1 amide bonds. The Labute approximate surface area is 145 Å². The number of imidazole rings is 1. The van der Waals surface area contributed by atoms with Crippen molar-refractivity contribution in [2.75, 3.05) is 0 Å². The number of aromatic nitrogens is 4. The van der Waals surface area contributed by atoms with Crippen molar-refractivity contribution >= 4 is 11.6 Å². The highest BCUT2D eigenvalue weighted by atomic mass is 16.3. The minimum absolute atomic E-state index is 0.161. The van der Waals surface area contributed by atoms with Crippen molar-refractivity contribution in [3.8, 4) is 0 Å². The first-order chi connectivity index (χ1) is 12.0. The summed E-state index contributed by atoms with van der Waals surface area (Å²) in [4.78, 5) is 17.4. The van der Waals surface area contributed by atoms with Crippen LogP contribution in [0.4, 0.5) is 0 Å². The van der Waals surface area contributed by atoms with E-state index in [0.717, 1.165) is 11.3 Å². The van der Waals surface area contributed by atoms with Crippen LogP contribution in [0.25, 0.3) is 5.65 Å². The van der Waals surface area contributed by atoms with E-state index in [1.54, 1.807) is 16.9 Å². The van der Waals surface area contributed by atoms with E-state index in [4.69, 9.17) is 0 Å². The summed E-state index contributed by atoms with van der Waals surface area (Å²) >= 11 is 0. The summed E-state index contributed by atoms with van der Waals surface area (Å²) in [5.41, 5.74) is 3.02. The second-order valence-corrected chi connectivity index (χ2v) is 6.82. The zero-order valence-corrected chi connectivity index (χ0v) is 14.3. The van der Waals surface area contributed by atoms with Crippen molar-refractivity contribution in [1.82, 2.24) is 24.5 Å². The molecule has 0 spiro atoms. The molecule has 130 valence electrons. The highest BCUT2D eigenvalue weighted by molar-refractivity contribution is 6.00. The van der Waals surface area contributed by atoms with Crippen LogP contribution < -0.4 is 5.32 Å². The Morgan fingerprint density at radius 3 is 2.88 bits per heavy atom. The number of nitrogens with one attached hydrogen (secondary N) is 1. The molecule has 0 aliphatic heterocycles. The molecule has 2 N–H and O–H groups in total. The van der Waals surface area contributed by atoms with Gasteiger partial charge in [0.2, 0.25) is 0 Å². The van der Waals surface area contributed by atoms with Crippen molar-refractivity contribution in [3.05, 3.63) is 53.7 Å². The van der Waals surface area contributed by atoms with Crippen LogP contribution >= 0.6 is 0 Å². The van der Waals surface area contributed by atoms with E-state index < -0.39 is 0 Å². The van der Waals surface area contributed by atoms with Crippen molar-refractivity contribution in [2.24, 2.45) is 13.0 Å². The van der Waals surface area contributed by atoms with Crippen LogP contribution in [0.1, 0.15) is 40.5 Å². The molecule has 0 saturated heterocycles. The van der Waals surface area contributed by atoms with Crippen LogP contribution in [0.15, 0.2) is 36.9 Å². The van der Waals surface area contributed by atoms with E-state index in [0.29, 0.717) is 24.1 Å². The van der Waals surface area contributed by atoms with Gasteiger partial charge >= 0.3 is 0 Å². The minimum atomic E-state index is -0.278. The third-order valence-electron chi connectivity index (χ3n) is 4.84. The maximum atomic E-state index is 12.9. The van der Waals surface area contributed by atoms with Crippen LogP contribution in [0.2, 0.25) is 0 Å². The maximum Gasteiger partial charge on any atom is 0.255 e. The van der Waals surface area contributed by atoms with Gasteiger partial charge in [-0.2, -0.15) is 5.10 Å². The zero-order chi connectivity index (χ0) is 17.6. The third-order valence-corrected chi connectivity index (χ3v) is 4.84. The summed E-state index contributed by atoms with van der Waals surface area (Å²) < 4.78 is 3.58. The molecule has 1 aliphatic carbocycles. The van der Waals surface area contributed by atoms with Crippen molar-refractivity contribution in [3.63, 3.8) is 0 Å². The molecule has 7 nitrogen and oxygen atoms in total. The second-order valence-electron chi connectivity index (χ2n) is 6.82. The van der Waals surface area contributed by atoms with Gasteiger partial charge in [-0.25, -0.2) is 4.98 Å². The van der Waals surface area contributed by atoms with Gasteiger partial charge in [0.25, 0.3) is 5.91 Å². The van der Waals surface area contributed by atoms with Crippen LogP contribution in [0.3, 0.4) is 0 Å². The predicted molar refractivity (Wildman–Crippen MR) is 92.1 cm³/mol. The van der Waals surface area contributed by atoms with Gasteiger partial charge in [0.15, 0.2) is 0 Å². The number of aliphatic hydroxyl groups is 1. The Bertz CT molecular complexity index is 923. The van der Waals surface area contributed by atoms with Crippen molar-refractivity contribution in [2.45, 2.75) is 31.9 Å². The van der Waals surface area contributed by atoms with E-state index in [2.05, 4.69) is 15.4 Å². The van der Waals surface area contributed by atoms with Crippen LogP contribution in [-0.2, 0) is 7.05 Å². The molecule has 1 atom stereocenters. The Morgan fingerprint density at radius 2 is 2.20 bits per heavy atom. The smallest absolute Gasteiger partial charge is 0.255 e. The molecule has 3 aromatic heterocycles. The number of amides is 1. The summed E-state index contributed by atoms with van der Waals surface area (Å²) in [6, 6.07) is 3.46. The average molecular weight is 339 g/mol. The van der Waals surface area contributed by atoms with Gasteiger partial charge in [0, 0.05) is 31.2 Å². The number of aryl methyl sites for hydroxylation is 2.